The Morgan fingerprint density at radius 1 is 1.39 bits per heavy atom. The molecule has 1 atom stereocenters. The van der Waals surface area contributed by atoms with Crippen molar-refractivity contribution in [3.8, 4) is 0 Å². The van der Waals surface area contributed by atoms with Gasteiger partial charge in [0.2, 0.25) is 0 Å². The van der Waals surface area contributed by atoms with Crippen LogP contribution in [0.15, 0.2) is 18.2 Å². The van der Waals surface area contributed by atoms with Gasteiger partial charge in [-0.25, -0.2) is 8.78 Å². The van der Waals surface area contributed by atoms with E-state index in [1.165, 1.54) is 6.07 Å². The molecule has 5 heteroatoms. The van der Waals surface area contributed by atoms with Crippen molar-refractivity contribution in [3.63, 3.8) is 0 Å². The SMILES string of the molecule is CCN(CCOC)C(CN)c1cc(F)ccc1F. The summed E-state index contributed by atoms with van der Waals surface area (Å²) < 4.78 is 32.0. The Bertz CT molecular complexity index is 374. The summed E-state index contributed by atoms with van der Waals surface area (Å²) in [4.78, 5) is 1.97. The smallest absolute Gasteiger partial charge is 0.128 e. The maximum Gasteiger partial charge on any atom is 0.128 e. The highest BCUT2D eigenvalue weighted by Gasteiger charge is 2.21. The normalized spacial score (nSPS) is 13.0. The van der Waals surface area contributed by atoms with Crippen LogP contribution >= 0.6 is 0 Å². The molecule has 18 heavy (non-hydrogen) atoms. The molecule has 0 amide bonds. The molecule has 0 spiro atoms. The van der Waals surface area contributed by atoms with Gasteiger partial charge in [-0.1, -0.05) is 6.92 Å². The predicted molar refractivity (Wildman–Crippen MR) is 67.3 cm³/mol. The van der Waals surface area contributed by atoms with Gasteiger partial charge in [0.1, 0.15) is 11.6 Å². The summed E-state index contributed by atoms with van der Waals surface area (Å²) in [6.07, 6.45) is 0. The largest absolute Gasteiger partial charge is 0.383 e. The van der Waals surface area contributed by atoms with E-state index in [4.69, 9.17) is 10.5 Å². The van der Waals surface area contributed by atoms with E-state index in [9.17, 15) is 8.78 Å². The van der Waals surface area contributed by atoms with E-state index >= 15 is 0 Å². The number of nitrogens with two attached hydrogens (primary N) is 1. The highest BCUT2D eigenvalue weighted by atomic mass is 19.1. The minimum atomic E-state index is -0.451. The topological polar surface area (TPSA) is 38.5 Å². The van der Waals surface area contributed by atoms with Gasteiger partial charge in [0.05, 0.1) is 12.6 Å². The standard InChI is InChI=1S/C13H20F2N2O/c1-3-17(6-7-18-2)13(9-16)11-8-10(14)4-5-12(11)15/h4-5,8,13H,3,6-7,9,16H2,1-2H3. The van der Waals surface area contributed by atoms with E-state index in [0.717, 1.165) is 12.1 Å². The average molecular weight is 258 g/mol. The minimum Gasteiger partial charge on any atom is -0.383 e. The summed E-state index contributed by atoms with van der Waals surface area (Å²) >= 11 is 0. The summed E-state index contributed by atoms with van der Waals surface area (Å²) in [5.74, 6) is -0.879. The fourth-order valence-corrected chi connectivity index (χ4v) is 1.99. The third-order valence-corrected chi connectivity index (χ3v) is 2.97. The molecule has 1 unspecified atom stereocenters. The number of nitrogens with zero attached hydrogens (tertiary/aromatic N) is 1. The number of hydrogen-bond donors (Lipinski definition) is 1. The molecule has 0 aromatic heterocycles. The van der Waals surface area contributed by atoms with Crippen LogP contribution in [0.5, 0.6) is 0 Å². The summed E-state index contributed by atoms with van der Waals surface area (Å²) in [7, 11) is 1.61. The summed E-state index contributed by atoms with van der Waals surface area (Å²) in [6, 6.07) is 3.12. The molecule has 102 valence electrons. The molecule has 3 nitrogen and oxygen atoms in total. The molecule has 2 N–H and O–H groups in total. The molecule has 0 aliphatic carbocycles. The molecule has 0 aliphatic rings. The van der Waals surface area contributed by atoms with Crippen LogP contribution in [0.4, 0.5) is 8.78 Å². The molecule has 1 aromatic carbocycles. The van der Waals surface area contributed by atoms with Crippen LogP contribution in [-0.2, 0) is 4.74 Å². The number of rotatable bonds is 7. The number of methoxy groups -OCH3 is 1. The van der Waals surface area contributed by atoms with Crippen LogP contribution in [-0.4, -0.2) is 38.3 Å². The van der Waals surface area contributed by atoms with Crippen molar-refractivity contribution in [1.82, 2.24) is 4.90 Å². The van der Waals surface area contributed by atoms with E-state index in [1.54, 1.807) is 7.11 Å². The van der Waals surface area contributed by atoms with Crippen LogP contribution in [0, 0.1) is 11.6 Å². The molecule has 1 aromatic rings. The van der Waals surface area contributed by atoms with Gasteiger partial charge < -0.3 is 10.5 Å². The zero-order valence-electron chi connectivity index (χ0n) is 10.8. The quantitative estimate of drug-likeness (QED) is 0.812. The van der Waals surface area contributed by atoms with Crippen LogP contribution < -0.4 is 5.73 Å². The zero-order chi connectivity index (χ0) is 13.5. The Labute approximate surface area is 107 Å². The monoisotopic (exact) mass is 258 g/mol. The third-order valence-electron chi connectivity index (χ3n) is 2.97. The molecule has 0 heterocycles. The van der Waals surface area contributed by atoms with Crippen LogP contribution in [0.2, 0.25) is 0 Å². The zero-order valence-corrected chi connectivity index (χ0v) is 10.8. The molecule has 0 aliphatic heterocycles. The van der Waals surface area contributed by atoms with E-state index < -0.39 is 11.6 Å². The van der Waals surface area contributed by atoms with Crippen molar-refractivity contribution >= 4 is 0 Å². The van der Waals surface area contributed by atoms with Gasteiger partial charge in [-0.2, -0.15) is 0 Å². The Morgan fingerprint density at radius 2 is 2.11 bits per heavy atom. The Kier molecular flexibility index (Phi) is 6.18. The van der Waals surface area contributed by atoms with E-state index in [1.807, 2.05) is 11.8 Å². The molecule has 1 rings (SSSR count). The van der Waals surface area contributed by atoms with E-state index in [2.05, 4.69) is 0 Å². The molecule has 0 radical (unpaired) electrons. The van der Waals surface area contributed by atoms with Crippen molar-refractivity contribution in [2.24, 2.45) is 5.73 Å². The average Bonchev–Trinajstić information content (AvgIpc) is 2.38. The summed E-state index contributed by atoms with van der Waals surface area (Å²) in [5.41, 5.74) is 6.00. The molecule has 0 fully saturated rings. The van der Waals surface area contributed by atoms with Crippen LogP contribution in [0.1, 0.15) is 18.5 Å². The third kappa shape index (κ3) is 3.73. The van der Waals surface area contributed by atoms with Crippen molar-refractivity contribution in [2.45, 2.75) is 13.0 Å². The van der Waals surface area contributed by atoms with Crippen molar-refractivity contribution in [1.29, 1.82) is 0 Å². The second-order valence-electron chi connectivity index (χ2n) is 4.04. The predicted octanol–water partition coefficient (Wildman–Crippen LogP) is 1.93. The molecule has 0 saturated heterocycles. The number of halogens is 2. The Hall–Kier alpha value is -1.04. The van der Waals surface area contributed by atoms with Gasteiger partial charge >= 0.3 is 0 Å². The minimum absolute atomic E-state index is 0.234. The van der Waals surface area contributed by atoms with Gasteiger partial charge in [0, 0.05) is 25.8 Å². The van der Waals surface area contributed by atoms with Crippen LogP contribution in [0.3, 0.4) is 0 Å². The van der Waals surface area contributed by atoms with Gasteiger partial charge in [0.15, 0.2) is 0 Å². The molecular formula is C13H20F2N2O. The van der Waals surface area contributed by atoms with Gasteiger partial charge in [-0.15, -0.1) is 0 Å². The van der Waals surface area contributed by atoms with Crippen molar-refractivity contribution in [3.05, 3.63) is 35.4 Å². The first-order chi connectivity index (χ1) is 8.63. The first-order valence-corrected chi connectivity index (χ1v) is 6.02. The highest BCUT2D eigenvalue weighted by molar-refractivity contribution is 5.22. The van der Waals surface area contributed by atoms with E-state index in [0.29, 0.717) is 25.3 Å². The number of hydrogen-bond acceptors (Lipinski definition) is 3. The lowest BCUT2D eigenvalue weighted by Crippen LogP contribution is -2.36. The summed E-state index contributed by atoms with van der Waals surface area (Å²) in [5, 5.41) is 0. The highest BCUT2D eigenvalue weighted by Crippen LogP contribution is 2.23. The maximum atomic E-state index is 13.7. The van der Waals surface area contributed by atoms with Gasteiger partial charge in [-0.3, -0.25) is 4.90 Å². The Morgan fingerprint density at radius 3 is 2.67 bits per heavy atom. The van der Waals surface area contributed by atoms with Gasteiger partial charge in [-0.05, 0) is 24.7 Å². The second kappa shape index (κ2) is 7.41. The molecule has 0 saturated carbocycles. The van der Waals surface area contributed by atoms with E-state index in [-0.39, 0.29) is 12.6 Å². The first kappa shape index (κ1) is 15.0. The lowest BCUT2D eigenvalue weighted by molar-refractivity contribution is 0.124. The molecular weight excluding hydrogens is 238 g/mol. The number of benzene rings is 1. The number of ether oxygens (including phenoxy) is 1. The lowest BCUT2D eigenvalue weighted by atomic mass is 10.0. The maximum absolute atomic E-state index is 13.7. The fourth-order valence-electron chi connectivity index (χ4n) is 1.99. The second-order valence-corrected chi connectivity index (χ2v) is 4.04. The van der Waals surface area contributed by atoms with Crippen molar-refractivity contribution < 1.29 is 13.5 Å². The molecule has 0 bridgehead atoms. The fraction of sp³-hybridized carbons (Fsp3) is 0.538. The summed E-state index contributed by atoms with van der Waals surface area (Å²) in [6.45, 7) is 4.04. The Balaban J connectivity index is 2.95. The number of likely N-dealkylation sites (N-methyl/N-ethyl adjacent to an activating group) is 1. The first-order valence-electron chi connectivity index (χ1n) is 6.02. The lowest BCUT2D eigenvalue weighted by Gasteiger charge is -2.30. The van der Waals surface area contributed by atoms with Gasteiger partial charge in [0.25, 0.3) is 0 Å². The van der Waals surface area contributed by atoms with Crippen molar-refractivity contribution in [2.75, 3.05) is 33.4 Å². The van der Waals surface area contributed by atoms with Crippen LogP contribution in [0.25, 0.3) is 0 Å².